The van der Waals surface area contributed by atoms with Crippen LogP contribution in [0.25, 0.3) is 0 Å². The van der Waals surface area contributed by atoms with Crippen LogP contribution < -0.4 is 5.32 Å². The van der Waals surface area contributed by atoms with Gasteiger partial charge in [-0.05, 0) is 31.4 Å². The van der Waals surface area contributed by atoms with E-state index in [9.17, 15) is 18.4 Å². The lowest BCUT2D eigenvalue weighted by Gasteiger charge is -2.13. The van der Waals surface area contributed by atoms with Gasteiger partial charge in [0.1, 0.15) is 11.6 Å². The van der Waals surface area contributed by atoms with E-state index in [-0.39, 0.29) is 5.69 Å². The van der Waals surface area contributed by atoms with E-state index in [4.69, 9.17) is 9.47 Å². The minimum absolute atomic E-state index is 0.0511. The minimum Gasteiger partial charge on any atom is -0.454 e. The Morgan fingerprint density at radius 3 is 2.30 bits per heavy atom. The number of nitrogens with one attached hydrogen (secondary N) is 1. The lowest BCUT2D eigenvalue weighted by Crippen LogP contribution is -2.28. The van der Waals surface area contributed by atoms with Gasteiger partial charge in [0.25, 0.3) is 5.91 Å². The highest BCUT2D eigenvalue weighted by Gasteiger charge is 2.17. The molecule has 0 bridgehead atoms. The molecular formula is C16H21F2NO4. The molecule has 0 aromatic heterocycles. The highest BCUT2D eigenvalue weighted by atomic mass is 19.1. The molecule has 0 aliphatic rings. The SMILES string of the molecule is CC(C)CCOC(C)C(=O)OCC(=O)Nc1cc(F)cc(F)c1. The number of hydrogen-bond donors (Lipinski definition) is 1. The first-order chi connectivity index (χ1) is 10.8. The summed E-state index contributed by atoms with van der Waals surface area (Å²) in [7, 11) is 0. The zero-order chi connectivity index (χ0) is 17.4. The van der Waals surface area contributed by atoms with Gasteiger partial charge in [0.05, 0.1) is 0 Å². The van der Waals surface area contributed by atoms with E-state index < -0.39 is 36.2 Å². The molecule has 1 unspecified atom stereocenters. The van der Waals surface area contributed by atoms with Crippen molar-refractivity contribution in [2.75, 3.05) is 18.5 Å². The fourth-order valence-electron chi connectivity index (χ4n) is 1.63. The Morgan fingerprint density at radius 2 is 1.74 bits per heavy atom. The van der Waals surface area contributed by atoms with E-state index in [1.54, 1.807) is 0 Å². The number of halogens is 2. The quantitative estimate of drug-likeness (QED) is 0.745. The number of esters is 1. The second-order valence-electron chi connectivity index (χ2n) is 5.51. The van der Waals surface area contributed by atoms with Gasteiger partial charge in [0, 0.05) is 18.4 Å². The maximum atomic E-state index is 13.0. The van der Waals surface area contributed by atoms with Crippen LogP contribution in [0.1, 0.15) is 27.2 Å². The van der Waals surface area contributed by atoms with Gasteiger partial charge in [0.2, 0.25) is 0 Å². The van der Waals surface area contributed by atoms with Crippen molar-refractivity contribution in [2.45, 2.75) is 33.3 Å². The minimum atomic E-state index is -0.815. The Bertz CT molecular complexity index is 529. The number of carbonyl (C=O) groups excluding carboxylic acids is 2. The van der Waals surface area contributed by atoms with E-state index in [1.807, 2.05) is 13.8 Å². The molecular weight excluding hydrogens is 308 g/mol. The summed E-state index contributed by atoms with van der Waals surface area (Å²) in [5.74, 6) is -2.54. The first-order valence-corrected chi connectivity index (χ1v) is 7.32. The fourth-order valence-corrected chi connectivity index (χ4v) is 1.63. The maximum absolute atomic E-state index is 13.0. The molecule has 1 aromatic carbocycles. The number of anilines is 1. The number of carbonyl (C=O) groups is 2. The number of amides is 1. The molecule has 23 heavy (non-hydrogen) atoms. The predicted octanol–water partition coefficient (Wildman–Crippen LogP) is 2.90. The van der Waals surface area contributed by atoms with Gasteiger partial charge in [-0.25, -0.2) is 13.6 Å². The van der Waals surface area contributed by atoms with Crippen molar-refractivity contribution in [1.29, 1.82) is 0 Å². The summed E-state index contributed by atoms with van der Waals surface area (Å²) >= 11 is 0. The Kier molecular flexibility index (Phi) is 7.61. The normalized spacial score (nSPS) is 12.1. The molecule has 128 valence electrons. The van der Waals surface area contributed by atoms with Crippen molar-refractivity contribution >= 4 is 17.6 Å². The van der Waals surface area contributed by atoms with Gasteiger partial charge in [-0.3, -0.25) is 4.79 Å². The molecule has 0 spiro atoms. The molecule has 0 aliphatic carbocycles. The van der Waals surface area contributed by atoms with Crippen molar-refractivity contribution in [2.24, 2.45) is 5.92 Å². The van der Waals surface area contributed by atoms with Gasteiger partial charge in [0.15, 0.2) is 12.7 Å². The summed E-state index contributed by atoms with van der Waals surface area (Å²) in [5.41, 5.74) is -0.0511. The first kappa shape index (κ1) is 19.0. The molecule has 0 saturated heterocycles. The molecule has 0 aliphatic heterocycles. The highest BCUT2D eigenvalue weighted by molar-refractivity contribution is 5.93. The molecule has 1 rings (SSSR count). The van der Waals surface area contributed by atoms with Gasteiger partial charge in [-0.15, -0.1) is 0 Å². The number of rotatable bonds is 8. The summed E-state index contributed by atoms with van der Waals surface area (Å²) in [4.78, 5) is 23.2. The summed E-state index contributed by atoms with van der Waals surface area (Å²) in [6.45, 7) is 5.46. The van der Waals surface area contributed by atoms with Crippen LogP contribution in [-0.2, 0) is 19.1 Å². The topological polar surface area (TPSA) is 64.6 Å². The number of hydrogen-bond acceptors (Lipinski definition) is 4. The summed E-state index contributed by atoms with van der Waals surface area (Å²) in [5, 5.41) is 2.24. The molecule has 0 saturated carbocycles. The van der Waals surface area contributed by atoms with Gasteiger partial charge in [-0.2, -0.15) is 0 Å². The van der Waals surface area contributed by atoms with Crippen LogP contribution in [0.2, 0.25) is 0 Å². The van der Waals surface area contributed by atoms with Crippen LogP contribution in [0.15, 0.2) is 18.2 Å². The van der Waals surface area contributed by atoms with E-state index in [2.05, 4.69) is 5.32 Å². The third-order valence-electron chi connectivity index (χ3n) is 2.89. The Hall–Kier alpha value is -2.02. The molecule has 1 aromatic rings. The van der Waals surface area contributed by atoms with Gasteiger partial charge in [-0.1, -0.05) is 13.8 Å². The predicted molar refractivity (Wildman–Crippen MR) is 80.8 cm³/mol. The van der Waals surface area contributed by atoms with Crippen LogP contribution in [0, 0.1) is 17.6 Å². The monoisotopic (exact) mass is 329 g/mol. The molecule has 0 radical (unpaired) electrons. The van der Waals surface area contributed by atoms with Crippen molar-refractivity contribution in [3.8, 4) is 0 Å². The lowest BCUT2D eigenvalue weighted by molar-refractivity contribution is -0.158. The Labute approximate surface area is 134 Å². The summed E-state index contributed by atoms with van der Waals surface area (Å²) in [6.07, 6.45) is 0.0247. The molecule has 1 N–H and O–H groups in total. The molecule has 0 heterocycles. The van der Waals surface area contributed by atoms with Crippen LogP contribution in [0.4, 0.5) is 14.5 Å². The van der Waals surface area contributed by atoms with E-state index >= 15 is 0 Å². The number of ether oxygens (including phenoxy) is 2. The standard InChI is InChI=1S/C16H21F2NO4/c1-10(2)4-5-22-11(3)16(21)23-9-15(20)19-14-7-12(17)6-13(18)8-14/h6-8,10-11H,4-5,9H2,1-3H3,(H,19,20). The Morgan fingerprint density at radius 1 is 1.13 bits per heavy atom. The smallest absolute Gasteiger partial charge is 0.335 e. The van der Waals surface area contributed by atoms with Crippen LogP contribution in [-0.4, -0.2) is 31.2 Å². The van der Waals surface area contributed by atoms with Crippen molar-refractivity contribution in [3.63, 3.8) is 0 Å². The molecule has 1 atom stereocenters. The third kappa shape index (κ3) is 7.69. The number of benzene rings is 1. The van der Waals surface area contributed by atoms with E-state index in [0.717, 1.165) is 18.6 Å². The van der Waals surface area contributed by atoms with Crippen molar-refractivity contribution < 1.29 is 27.8 Å². The maximum Gasteiger partial charge on any atom is 0.335 e. The average molecular weight is 329 g/mol. The van der Waals surface area contributed by atoms with Crippen LogP contribution in [0.3, 0.4) is 0 Å². The second kappa shape index (κ2) is 9.19. The molecule has 7 heteroatoms. The molecule has 1 amide bonds. The average Bonchev–Trinajstić information content (AvgIpc) is 2.43. The van der Waals surface area contributed by atoms with E-state index in [0.29, 0.717) is 18.6 Å². The first-order valence-electron chi connectivity index (χ1n) is 7.32. The van der Waals surface area contributed by atoms with Crippen LogP contribution >= 0.6 is 0 Å². The van der Waals surface area contributed by atoms with Crippen LogP contribution in [0.5, 0.6) is 0 Å². The van der Waals surface area contributed by atoms with E-state index in [1.165, 1.54) is 6.92 Å². The van der Waals surface area contributed by atoms with Crippen molar-refractivity contribution in [3.05, 3.63) is 29.8 Å². The highest BCUT2D eigenvalue weighted by Crippen LogP contribution is 2.12. The zero-order valence-electron chi connectivity index (χ0n) is 13.4. The Balaban J connectivity index is 2.35. The summed E-state index contributed by atoms with van der Waals surface area (Å²) in [6, 6.07) is 2.60. The second-order valence-corrected chi connectivity index (χ2v) is 5.51. The third-order valence-corrected chi connectivity index (χ3v) is 2.89. The van der Waals surface area contributed by atoms with Gasteiger partial charge >= 0.3 is 5.97 Å². The van der Waals surface area contributed by atoms with Crippen molar-refractivity contribution in [1.82, 2.24) is 0 Å². The molecule has 0 fully saturated rings. The largest absolute Gasteiger partial charge is 0.454 e. The fraction of sp³-hybridized carbons (Fsp3) is 0.500. The summed E-state index contributed by atoms with van der Waals surface area (Å²) < 4.78 is 36.0. The van der Waals surface area contributed by atoms with Gasteiger partial charge < -0.3 is 14.8 Å². The molecule has 5 nitrogen and oxygen atoms in total. The zero-order valence-corrected chi connectivity index (χ0v) is 13.4. The lowest BCUT2D eigenvalue weighted by atomic mass is 10.1.